The minimum Gasteiger partial charge on any atom is -0.271 e. The van der Waals surface area contributed by atoms with Gasteiger partial charge in [0.1, 0.15) is 0 Å². The summed E-state index contributed by atoms with van der Waals surface area (Å²) in [6.07, 6.45) is 1.04. The number of hydrazine groups is 1. The van der Waals surface area contributed by atoms with Gasteiger partial charge in [0.25, 0.3) is 0 Å². The Labute approximate surface area is 119 Å². The van der Waals surface area contributed by atoms with E-state index in [0.717, 1.165) is 28.1 Å². The highest BCUT2D eigenvalue weighted by Gasteiger charge is 2.15. The number of hydrogen-bond donors (Lipinski definition) is 2. The molecular weight excluding hydrogens is 256 g/mol. The Morgan fingerprint density at radius 2 is 1.84 bits per heavy atom. The molecule has 0 spiro atoms. The first-order valence-electron chi connectivity index (χ1n) is 6.47. The summed E-state index contributed by atoms with van der Waals surface area (Å²) in [6, 6.07) is 14.4. The molecule has 19 heavy (non-hydrogen) atoms. The Bertz CT molecular complexity index is 549. The third-order valence-corrected chi connectivity index (χ3v) is 3.92. The highest BCUT2D eigenvalue weighted by atomic mass is 35.5. The van der Waals surface area contributed by atoms with E-state index >= 15 is 0 Å². The predicted octanol–water partition coefficient (Wildman–Crippen LogP) is 3.76. The second kappa shape index (κ2) is 6.20. The maximum Gasteiger partial charge on any atom is 0.0713 e. The fourth-order valence-corrected chi connectivity index (χ4v) is 2.43. The Kier molecular flexibility index (Phi) is 4.59. The van der Waals surface area contributed by atoms with Crippen LogP contribution in [0.5, 0.6) is 0 Å². The number of nitrogens with one attached hydrogen (secondary N) is 1. The summed E-state index contributed by atoms with van der Waals surface area (Å²) in [5, 5.41) is 0.767. The second-order valence-electron chi connectivity index (χ2n) is 4.65. The summed E-state index contributed by atoms with van der Waals surface area (Å²) in [7, 11) is 0. The molecule has 0 saturated carbocycles. The van der Waals surface area contributed by atoms with Gasteiger partial charge in [-0.15, -0.1) is 0 Å². The predicted molar refractivity (Wildman–Crippen MR) is 81.2 cm³/mol. The van der Waals surface area contributed by atoms with E-state index in [9.17, 15) is 0 Å². The first kappa shape index (κ1) is 14.1. The van der Waals surface area contributed by atoms with Gasteiger partial charge in [0.2, 0.25) is 0 Å². The van der Waals surface area contributed by atoms with Crippen LogP contribution in [0.3, 0.4) is 0 Å². The molecule has 3 heteroatoms. The van der Waals surface area contributed by atoms with Crippen molar-refractivity contribution in [1.29, 1.82) is 0 Å². The van der Waals surface area contributed by atoms with E-state index in [2.05, 4.69) is 42.7 Å². The third kappa shape index (κ3) is 2.98. The standard InChI is InChI=1S/C16H19ClN2/c1-3-12-7-9-13(10-8-12)16(19-18)14-5-4-6-15(17)11(14)2/h4-10,16,19H,3,18H2,1-2H3. The smallest absolute Gasteiger partial charge is 0.0713 e. The second-order valence-corrected chi connectivity index (χ2v) is 5.06. The Morgan fingerprint density at radius 3 is 2.42 bits per heavy atom. The van der Waals surface area contributed by atoms with Crippen LogP contribution in [0.2, 0.25) is 5.02 Å². The van der Waals surface area contributed by atoms with E-state index in [1.54, 1.807) is 0 Å². The van der Waals surface area contributed by atoms with Crippen molar-refractivity contribution in [3.05, 3.63) is 69.7 Å². The number of aryl methyl sites for hydroxylation is 1. The van der Waals surface area contributed by atoms with Gasteiger partial charge in [-0.1, -0.05) is 54.9 Å². The number of hydrogen-bond acceptors (Lipinski definition) is 2. The van der Waals surface area contributed by atoms with Crippen LogP contribution in [0.4, 0.5) is 0 Å². The molecule has 0 aliphatic rings. The fraction of sp³-hybridized carbons (Fsp3) is 0.250. The molecule has 0 saturated heterocycles. The van der Waals surface area contributed by atoms with Crippen LogP contribution in [0.15, 0.2) is 42.5 Å². The lowest BCUT2D eigenvalue weighted by molar-refractivity contribution is 0.633. The molecule has 0 fully saturated rings. The molecule has 100 valence electrons. The normalized spacial score (nSPS) is 12.4. The largest absolute Gasteiger partial charge is 0.271 e. The molecule has 2 aromatic carbocycles. The average Bonchev–Trinajstić information content (AvgIpc) is 2.45. The number of benzene rings is 2. The minimum absolute atomic E-state index is 0.0374. The minimum atomic E-state index is -0.0374. The molecular formula is C16H19ClN2. The number of halogens is 1. The molecule has 1 atom stereocenters. The molecule has 1 unspecified atom stereocenters. The average molecular weight is 275 g/mol. The van der Waals surface area contributed by atoms with Crippen LogP contribution < -0.4 is 11.3 Å². The Balaban J connectivity index is 2.40. The SMILES string of the molecule is CCc1ccc(C(NN)c2cccc(Cl)c2C)cc1. The highest BCUT2D eigenvalue weighted by molar-refractivity contribution is 6.31. The topological polar surface area (TPSA) is 38.0 Å². The Morgan fingerprint density at radius 1 is 1.16 bits per heavy atom. The zero-order valence-electron chi connectivity index (χ0n) is 11.3. The van der Waals surface area contributed by atoms with E-state index < -0.39 is 0 Å². The molecule has 2 nitrogen and oxygen atoms in total. The van der Waals surface area contributed by atoms with Crippen LogP contribution >= 0.6 is 11.6 Å². The van der Waals surface area contributed by atoms with Crippen molar-refractivity contribution in [2.45, 2.75) is 26.3 Å². The summed E-state index contributed by atoms with van der Waals surface area (Å²) in [6.45, 7) is 4.16. The van der Waals surface area contributed by atoms with Crippen LogP contribution in [0.1, 0.15) is 35.2 Å². The molecule has 0 aliphatic carbocycles. The van der Waals surface area contributed by atoms with Gasteiger partial charge in [-0.25, -0.2) is 5.43 Å². The monoisotopic (exact) mass is 274 g/mol. The zero-order valence-corrected chi connectivity index (χ0v) is 12.0. The van der Waals surface area contributed by atoms with Gasteiger partial charge in [0, 0.05) is 5.02 Å². The lowest BCUT2D eigenvalue weighted by Crippen LogP contribution is -2.29. The van der Waals surface area contributed by atoms with Crippen molar-refractivity contribution < 1.29 is 0 Å². The van der Waals surface area contributed by atoms with Crippen LogP contribution in [-0.2, 0) is 6.42 Å². The summed E-state index contributed by atoms with van der Waals surface area (Å²) < 4.78 is 0. The van der Waals surface area contributed by atoms with Gasteiger partial charge in [-0.05, 0) is 41.7 Å². The summed E-state index contributed by atoms with van der Waals surface area (Å²) in [5.41, 5.74) is 7.52. The van der Waals surface area contributed by atoms with Crippen LogP contribution in [0, 0.1) is 6.92 Å². The third-order valence-electron chi connectivity index (χ3n) is 3.51. The van der Waals surface area contributed by atoms with Gasteiger partial charge in [-0.2, -0.15) is 0 Å². The molecule has 0 amide bonds. The van der Waals surface area contributed by atoms with Crippen molar-refractivity contribution >= 4 is 11.6 Å². The van der Waals surface area contributed by atoms with Crippen LogP contribution in [-0.4, -0.2) is 0 Å². The first-order chi connectivity index (χ1) is 9.17. The van der Waals surface area contributed by atoms with Gasteiger partial charge < -0.3 is 0 Å². The van der Waals surface area contributed by atoms with Crippen molar-refractivity contribution in [3.63, 3.8) is 0 Å². The van der Waals surface area contributed by atoms with E-state index in [-0.39, 0.29) is 6.04 Å². The summed E-state index contributed by atoms with van der Waals surface area (Å²) >= 11 is 6.18. The summed E-state index contributed by atoms with van der Waals surface area (Å²) in [4.78, 5) is 0. The van der Waals surface area contributed by atoms with Crippen molar-refractivity contribution in [2.75, 3.05) is 0 Å². The Hall–Kier alpha value is -1.35. The zero-order chi connectivity index (χ0) is 13.8. The molecule has 2 aromatic rings. The van der Waals surface area contributed by atoms with Gasteiger partial charge in [0.15, 0.2) is 0 Å². The van der Waals surface area contributed by atoms with E-state index in [4.69, 9.17) is 17.4 Å². The van der Waals surface area contributed by atoms with Crippen molar-refractivity contribution in [3.8, 4) is 0 Å². The van der Waals surface area contributed by atoms with Gasteiger partial charge in [-0.3, -0.25) is 5.84 Å². The maximum absolute atomic E-state index is 6.18. The quantitative estimate of drug-likeness (QED) is 0.658. The molecule has 0 aromatic heterocycles. The summed E-state index contributed by atoms with van der Waals surface area (Å²) in [5.74, 6) is 5.73. The molecule has 3 N–H and O–H groups in total. The molecule has 0 aliphatic heterocycles. The number of rotatable bonds is 4. The maximum atomic E-state index is 6.18. The van der Waals surface area contributed by atoms with E-state index in [0.29, 0.717) is 0 Å². The highest BCUT2D eigenvalue weighted by Crippen LogP contribution is 2.28. The molecule has 0 radical (unpaired) electrons. The van der Waals surface area contributed by atoms with Gasteiger partial charge in [0.05, 0.1) is 6.04 Å². The lowest BCUT2D eigenvalue weighted by atomic mass is 9.94. The number of nitrogens with two attached hydrogens (primary N) is 1. The molecule has 0 heterocycles. The first-order valence-corrected chi connectivity index (χ1v) is 6.85. The molecule has 2 rings (SSSR count). The lowest BCUT2D eigenvalue weighted by Gasteiger charge is -2.20. The molecule has 0 bridgehead atoms. The van der Waals surface area contributed by atoms with Gasteiger partial charge >= 0.3 is 0 Å². The van der Waals surface area contributed by atoms with Crippen molar-refractivity contribution in [2.24, 2.45) is 5.84 Å². The van der Waals surface area contributed by atoms with E-state index in [1.165, 1.54) is 5.56 Å². The van der Waals surface area contributed by atoms with Crippen LogP contribution in [0.25, 0.3) is 0 Å². The van der Waals surface area contributed by atoms with E-state index in [1.807, 2.05) is 19.1 Å². The fourth-order valence-electron chi connectivity index (χ4n) is 2.25. The van der Waals surface area contributed by atoms with Crippen molar-refractivity contribution in [1.82, 2.24) is 5.43 Å².